The average Bonchev–Trinajstić information content (AvgIpc) is 3.12. The summed E-state index contributed by atoms with van der Waals surface area (Å²) in [6.45, 7) is 1.88. The van der Waals surface area contributed by atoms with Crippen LogP contribution in [0.25, 0.3) is 22.1 Å². The van der Waals surface area contributed by atoms with Crippen LogP contribution in [0.1, 0.15) is 12.5 Å². The highest BCUT2D eigenvalue weighted by Gasteiger charge is 2.27. The summed E-state index contributed by atoms with van der Waals surface area (Å²) in [5, 5.41) is 4.50. The van der Waals surface area contributed by atoms with Gasteiger partial charge in [0.15, 0.2) is 0 Å². The molecule has 0 aromatic carbocycles. The molecule has 1 fully saturated rings. The summed E-state index contributed by atoms with van der Waals surface area (Å²) in [7, 11) is 1.78. The first kappa shape index (κ1) is 11.9. The largest absolute Gasteiger partial charge is 0.378 e. The number of hydrogen-bond acceptors (Lipinski definition) is 4. The number of nitrogens with zero attached hydrogens (tertiary/aromatic N) is 3. The molecule has 6 heteroatoms. The predicted molar refractivity (Wildman–Crippen MR) is 76.7 cm³/mol. The molecule has 3 aromatic heterocycles. The molecule has 4 rings (SSSR count). The van der Waals surface area contributed by atoms with Gasteiger partial charge in [0, 0.05) is 25.2 Å². The highest BCUT2D eigenvalue weighted by atomic mass is 16.5. The fourth-order valence-electron chi connectivity index (χ4n) is 3.16. The molecule has 0 bridgehead atoms. The lowest BCUT2D eigenvalue weighted by atomic mass is 10.0. The van der Waals surface area contributed by atoms with Gasteiger partial charge >= 0.3 is 0 Å². The lowest BCUT2D eigenvalue weighted by molar-refractivity contribution is 0.0405. The Bertz CT molecular complexity index is 746. The van der Waals surface area contributed by atoms with Gasteiger partial charge in [-0.1, -0.05) is 0 Å². The van der Waals surface area contributed by atoms with E-state index in [1.165, 1.54) is 0 Å². The van der Waals surface area contributed by atoms with Gasteiger partial charge in [-0.2, -0.15) is 0 Å². The Labute approximate surface area is 116 Å². The second-order valence-corrected chi connectivity index (χ2v) is 5.22. The lowest BCUT2D eigenvalue weighted by Gasteiger charge is -2.32. The molecule has 2 unspecified atom stereocenters. The van der Waals surface area contributed by atoms with E-state index in [2.05, 4.69) is 30.9 Å². The van der Waals surface area contributed by atoms with E-state index in [4.69, 9.17) is 4.74 Å². The van der Waals surface area contributed by atoms with Gasteiger partial charge in [0.05, 0.1) is 30.2 Å². The van der Waals surface area contributed by atoms with Gasteiger partial charge < -0.3 is 19.6 Å². The summed E-state index contributed by atoms with van der Waals surface area (Å²) in [6.07, 6.45) is 6.88. The maximum atomic E-state index is 5.64. The van der Waals surface area contributed by atoms with Crippen LogP contribution >= 0.6 is 0 Å². The van der Waals surface area contributed by atoms with Gasteiger partial charge in [0.25, 0.3) is 0 Å². The van der Waals surface area contributed by atoms with E-state index < -0.39 is 0 Å². The van der Waals surface area contributed by atoms with Crippen LogP contribution in [-0.2, 0) is 4.74 Å². The molecule has 104 valence electrons. The maximum absolute atomic E-state index is 5.64. The Kier molecular flexibility index (Phi) is 2.71. The number of hydrogen-bond donors (Lipinski definition) is 2. The van der Waals surface area contributed by atoms with E-state index in [9.17, 15) is 0 Å². The standard InChI is InChI=1S/C14H17N5O/c1-20-12-7-15-4-3-11(12)19-8-18-10-6-17-14-9(13(10)19)2-5-16-14/h2,5-6,8,11-12,15H,3-4,7H2,1H3,(H,16,17). The van der Waals surface area contributed by atoms with Crippen molar-refractivity contribution in [3.05, 3.63) is 24.8 Å². The number of ether oxygens (including phenoxy) is 1. The van der Waals surface area contributed by atoms with Crippen molar-refractivity contribution >= 4 is 22.1 Å². The molecular weight excluding hydrogens is 254 g/mol. The number of rotatable bonds is 2. The summed E-state index contributed by atoms with van der Waals surface area (Å²) in [5.74, 6) is 0. The fraction of sp³-hybridized carbons (Fsp3) is 0.429. The summed E-state index contributed by atoms with van der Waals surface area (Å²) in [4.78, 5) is 12.1. The summed E-state index contributed by atoms with van der Waals surface area (Å²) in [5.41, 5.74) is 2.98. The van der Waals surface area contributed by atoms with Crippen molar-refractivity contribution in [3.63, 3.8) is 0 Å². The van der Waals surface area contributed by atoms with E-state index >= 15 is 0 Å². The number of fused-ring (bicyclic) bond motifs is 3. The van der Waals surface area contributed by atoms with Crippen molar-refractivity contribution in [3.8, 4) is 0 Å². The van der Waals surface area contributed by atoms with Crippen LogP contribution in [0.3, 0.4) is 0 Å². The van der Waals surface area contributed by atoms with Crippen LogP contribution in [-0.4, -0.2) is 45.8 Å². The van der Waals surface area contributed by atoms with Crippen LogP contribution in [0.5, 0.6) is 0 Å². The zero-order chi connectivity index (χ0) is 13.5. The third-order valence-electron chi connectivity index (χ3n) is 4.17. The van der Waals surface area contributed by atoms with Crippen LogP contribution in [0.2, 0.25) is 0 Å². The van der Waals surface area contributed by atoms with Crippen LogP contribution < -0.4 is 5.32 Å². The highest BCUT2D eigenvalue weighted by molar-refractivity contribution is 6.00. The van der Waals surface area contributed by atoms with Gasteiger partial charge in [-0.15, -0.1) is 0 Å². The van der Waals surface area contributed by atoms with E-state index in [1.807, 2.05) is 18.7 Å². The molecule has 20 heavy (non-hydrogen) atoms. The minimum Gasteiger partial charge on any atom is -0.378 e. The first-order chi connectivity index (χ1) is 9.88. The number of nitrogens with one attached hydrogen (secondary N) is 2. The molecule has 0 amide bonds. The second-order valence-electron chi connectivity index (χ2n) is 5.22. The fourth-order valence-corrected chi connectivity index (χ4v) is 3.16. The van der Waals surface area contributed by atoms with Crippen molar-refractivity contribution < 1.29 is 4.74 Å². The minimum absolute atomic E-state index is 0.170. The molecule has 0 saturated carbocycles. The molecule has 0 aliphatic carbocycles. The molecule has 4 heterocycles. The quantitative estimate of drug-likeness (QED) is 0.740. The predicted octanol–water partition coefficient (Wildman–Crippen LogP) is 1.46. The summed E-state index contributed by atoms with van der Waals surface area (Å²) < 4.78 is 7.89. The van der Waals surface area contributed by atoms with Crippen LogP contribution in [0.15, 0.2) is 24.8 Å². The Morgan fingerprint density at radius 2 is 2.35 bits per heavy atom. The van der Waals surface area contributed by atoms with E-state index in [-0.39, 0.29) is 6.10 Å². The molecule has 2 N–H and O–H groups in total. The Morgan fingerprint density at radius 1 is 1.40 bits per heavy atom. The van der Waals surface area contributed by atoms with Gasteiger partial charge in [-0.3, -0.25) is 0 Å². The topological polar surface area (TPSA) is 67.8 Å². The van der Waals surface area contributed by atoms with Crippen molar-refractivity contribution in [2.75, 3.05) is 20.2 Å². The maximum Gasteiger partial charge on any atom is 0.139 e. The molecule has 0 spiro atoms. The van der Waals surface area contributed by atoms with Gasteiger partial charge in [-0.05, 0) is 19.0 Å². The van der Waals surface area contributed by atoms with Crippen LogP contribution in [0, 0.1) is 0 Å². The summed E-state index contributed by atoms with van der Waals surface area (Å²) >= 11 is 0. The number of piperidine rings is 1. The van der Waals surface area contributed by atoms with Crippen molar-refractivity contribution in [1.82, 2.24) is 24.8 Å². The van der Waals surface area contributed by atoms with Gasteiger partial charge in [0.2, 0.25) is 0 Å². The molecule has 1 aliphatic heterocycles. The lowest BCUT2D eigenvalue weighted by Crippen LogP contribution is -2.42. The smallest absolute Gasteiger partial charge is 0.139 e. The number of aromatic nitrogens is 4. The zero-order valence-corrected chi connectivity index (χ0v) is 11.3. The number of H-pyrrole nitrogens is 1. The minimum atomic E-state index is 0.170. The Balaban J connectivity index is 1.92. The first-order valence-electron chi connectivity index (χ1n) is 6.90. The van der Waals surface area contributed by atoms with Crippen LogP contribution in [0.4, 0.5) is 0 Å². The van der Waals surface area contributed by atoms with Crippen molar-refractivity contribution in [2.45, 2.75) is 18.6 Å². The summed E-state index contributed by atoms with van der Waals surface area (Å²) in [6, 6.07) is 2.37. The molecular formula is C14H17N5O. The number of methoxy groups -OCH3 is 1. The molecule has 1 saturated heterocycles. The zero-order valence-electron chi connectivity index (χ0n) is 11.3. The SMILES string of the molecule is COC1CNCCC1n1cnc2cnc3[nH]ccc3c21. The van der Waals surface area contributed by atoms with E-state index in [1.54, 1.807) is 7.11 Å². The van der Waals surface area contributed by atoms with Gasteiger partial charge in [0.1, 0.15) is 11.2 Å². The molecule has 0 radical (unpaired) electrons. The van der Waals surface area contributed by atoms with Crippen molar-refractivity contribution in [2.24, 2.45) is 0 Å². The van der Waals surface area contributed by atoms with E-state index in [0.717, 1.165) is 41.6 Å². The molecule has 1 aliphatic rings. The number of aromatic amines is 1. The highest BCUT2D eigenvalue weighted by Crippen LogP contribution is 2.29. The third-order valence-corrected chi connectivity index (χ3v) is 4.17. The number of pyridine rings is 1. The molecule has 6 nitrogen and oxygen atoms in total. The normalized spacial score (nSPS) is 23.6. The third kappa shape index (κ3) is 1.65. The average molecular weight is 271 g/mol. The Morgan fingerprint density at radius 3 is 3.25 bits per heavy atom. The van der Waals surface area contributed by atoms with E-state index in [0.29, 0.717) is 6.04 Å². The number of imidazole rings is 1. The monoisotopic (exact) mass is 271 g/mol. The molecule has 2 atom stereocenters. The van der Waals surface area contributed by atoms with Gasteiger partial charge in [-0.25, -0.2) is 9.97 Å². The van der Waals surface area contributed by atoms with Crippen molar-refractivity contribution in [1.29, 1.82) is 0 Å². The molecule has 3 aromatic rings. The first-order valence-corrected chi connectivity index (χ1v) is 6.90. The second kappa shape index (κ2) is 4.57. The Hall–Kier alpha value is -1.92.